The molecule has 3 rings (SSSR count). The zero-order valence-corrected chi connectivity index (χ0v) is 15.6. The Morgan fingerprint density at radius 1 is 0.815 bits per heavy atom. The van der Waals surface area contributed by atoms with Crippen molar-refractivity contribution in [3.05, 3.63) is 70.4 Å². The van der Waals surface area contributed by atoms with Gasteiger partial charge >= 0.3 is 0 Å². The summed E-state index contributed by atoms with van der Waals surface area (Å²) in [6, 6.07) is 15.4. The second kappa shape index (κ2) is 8.37. The van der Waals surface area contributed by atoms with Crippen molar-refractivity contribution in [1.29, 1.82) is 0 Å². The Kier molecular flexibility index (Phi) is 5.73. The largest absolute Gasteiger partial charge is 0.497 e. The highest BCUT2D eigenvalue weighted by molar-refractivity contribution is 7.12. The van der Waals surface area contributed by atoms with Crippen LogP contribution in [0.3, 0.4) is 0 Å². The van der Waals surface area contributed by atoms with Crippen molar-refractivity contribution in [2.75, 3.05) is 24.9 Å². The number of rotatable bonds is 6. The molecular weight excluding hydrogens is 364 g/mol. The molecule has 27 heavy (non-hydrogen) atoms. The van der Waals surface area contributed by atoms with Crippen molar-refractivity contribution >= 4 is 34.5 Å². The van der Waals surface area contributed by atoms with Crippen LogP contribution in [0.15, 0.2) is 60.0 Å². The molecule has 0 spiro atoms. The number of nitrogens with one attached hydrogen (secondary N) is 2. The molecule has 0 aliphatic carbocycles. The fourth-order valence-corrected chi connectivity index (χ4v) is 3.04. The number of thiophene rings is 1. The summed E-state index contributed by atoms with van der Waals surface area (Å²) < 4.78 is 10.4. The number of ether oxygens (including phenoxy) is 2. The maximum atomic E-state index is 12.6. The van der Waals surface area contributed by atoms with Crippen LogP contribution in [-0.2, 0) is 0 Å². The number of carbonyl (C=O) groups is 2. The molecule has 0 unspecified atom stereocenters. The molecule has 0 atom stereocenters. The second-order valence-electron chi connectivity index (χ2n) is 5.57. The van der Waals surface area contributed by atoms with Crippen LogP contribution >= 0.6 is 11.3 Å². The van der Waals surface area contributed by atoms with Crippen molar-refractivity contribution in [2.24, 2.45) is 0 Å². The first-order valence-corrected chi connectivity index (χ1v) is 8.96. The van der Waals surface area contributed by atoms with E-state index in [4.69, 9.17) is 9.47 Å². The van der Waals surface area contributed by atoms with Gasteiger partial charge in [-0.25, -0.2) is 0 Å². The summed E-state index contributed by atoms with van der Waals surface area (Å²) in [5.41, 5.74) is 1.51. The maximum Gasteiger partial charge on any atom is 0.265 e. The summed E-state index contributed by atoms with van der Waals surface area (Å²) in [6.45, 7) is 0. The minimum absolute atomic E-state index is 0.208. The summed E-state index contributed by atoms with van der Waals surface area (Å²) in [7, 11) is 3.08. The third-order valence-electron chi connectivity index (χ3n) is 3.74. The third kappa shape index (κ3) is 4.65. The Morgan fingerprint density at radius 3 is 2.15 bits per heavy atom. The van der Waals surface area contributed by atoms with E-state index in [0.717, 1.165) is 0 Å². The van der Waals surface area contributed by atoms with Crippen LogP contribution in [0.25, 0.3) is 0 Å². The summed E-state index contributed by atoms with van der Waals surface area (Å²) in [5, 5.41) is 7.43. The molecule has 7 heteroatoms. The Bertz CT molecular complexity index is 932. The van der Waals surface area contributed by atoms with Crippen molar-refractivity contribution < 1.29 is 19.1 Å². The average Bonchev–Trinajstić information content (AvgIpc) is 3.22. The van der Waals surface area contributed by atoms with E-state index < -0.39 is 0 Å². The van der Waals surface area contributed by atoms with Gasteiger partial charge in [0.15, 0.2) is 0 Å². The fraction of sp³-hybridized carbons (Fsp3) is 0.100. The molecule has 2 amide bonds. The molecule has 0 aliphatic heterocycles. The van der Waals surface area contributed by atoms with Gasteiger partial charge in [0, 0.05) is 35.1 Å². The van der Waals surface area contributed by atoms with Gasteiger partial charge in [-0.15, -0.1) is 11.3 Å². The van der Waals surface area contributed by atoms with Crippen LogP contribution in [0.1, 0.15) is 20.0 Å². The summed E-state index contributed by atoms with van der Waals surface area (Å²) in [4.78, 5) is 25.3. The highest BCUT2D eigenvalue weighted by Crippen LogP contribution is 2.26. The van der Waals surface area contributed by atoms with E-state index in [-0.39, 0.29) is 11.8 Å². The number of carbonyl (C=O) groups excluding carboxylic acids is 2. The lowest BCUT2D eigenvalue weighted by molar-refractivity contribution is 0.101. The Balaban J connectivity index is 1.75. The minimum atomic E-state index is -0.308. The predicted molar refractivity (Wildman–Crippen MR) is 106 cm³/mol. The van der Waals surface area contributed by atoms with Crippen LogP contribution < -0.4 is 20.1 Å². The topological polar surface area (TPSA) is 76.7 Å². The van der Waals surface area contributed by atoms with Gasteiger partial charge in [0.2, 0.25) is 0 Å². The number of amides is 2. The predicted octanol–water partition coefficient (Wildman–Crippen LogP) is 4.27. The molecule has 0 aliphatic rings. The first-order valence-electron chi connectivity index (χ1n) is 8.08. The molecular formula is C20H18N2O4S. The highest BCUT2D eigenvalue weighted by atomic mass is 32.1. The van der Waals surface area contributed by atoms with Gasteiger partial charge in [0.25, 0.3) is 11.8 Å². The van der Waals surface area contributed by atoms with Crippen molar-refractivity contribution in [2.45, 2.75) is 0 Å². The van der Waals surface area contributed by atoms with Crippen LogP contribution in [-0.4, -0.2) is 26.0 Å². The van der Waals surface area contributed by atoms with E-state index in [0.29, 0.717) is 33.3 Å². The fourth-order valence-electron chi connectivity index (χ4n) is 2.42. The van der Waals surface area contributed by atoms with Gasteiger partial charge in [-0.3, -0.25) is 9.59 Å². The van der Waals surface area contributed by atoms with Crippen LogP contribution in [0, 0.1) is 0 Å². The van der Waals surface area contributed by atoms with Gasteiger partial charge in [-0.2, -0.15) is 0 Å². The molecule has 0 saturated carbocycles. The average molecular weight is 382 g/mol. The minimum Gasteiger partial charge on any atom is -0.497 e. The first-order chi connectivity index (χ1) is 13.1. The SMILES string of the molecule is COc1cc(NC(=O)c2cccc(NC(=O)c3cccs3)c2)cc(OC)c1. The monoisotopic (exact) mass is 382 g/mol. The molecule has 1 heterocycles. The molecule has 1 aromatic heterocycles. The van der Waals surface area contributed by atoms with Crippen LogP contribution in [0.5, 0.6) is 11.5 Å². The molecule has 3 aromatic rings. The highest BCUT2D eigenvalue weighted by Gasteiger charge is 2.11. The number of methoxy groups -OCH3 is 2. The van der Waals surface area contributed by atoms with Gasteiger partial charge < -0.3 is 20.1 Å². The molecule has 0 radical (unpaired) electrons. The number of benzene rings is 2. The number of hydrogen-bond acceptors (Lipinski definition) is 5. The normalized spacial score (nSPS) is 10.1. The lowest BCUT2D eigenvalue weighted by Crippen LogP contribution is -2.14. The molecule has 0 bridgehead atoms. The van der Waals surface area contributed by atoms with E-state index in [2.05, 4.69) is 10.6 Å². The van der Waals surface area contributed by atoms with E-state index in [1.807, 2.05) is 11.4 Å². The maximum absolute atomic E-state index is 12.6. The van der Waals surface area contributed by atoms with E-state index >= 15 is 0 Å². The van der Waals surface area contributed by atoms with Crippen LogP contribution in [0.4, 0.5) is 11.4 Å². The number of hydrogen-bond donors (Lipinski definition) is 2. The molecule has 0 saturated heterocycles. The Labute approximate surface area is 160 Å². The van der Waals surface area contributed by atoms with Gasteiger partial charge in [0.05, 0.1) is 19.1 Å². The Hall–Kier alpha value is -3.32. The molecule has 2 N–H and O–H groups in total. The van der Waals surface area contributed by atoms with Crippen molar-refractivity contribution in [3.8, 4) is 11.5 Å². The Morgan fingerprint density at radius 2 is 1.52 bits per heavy atom. The van der Waals surface area contributed by atoms with E-state index in [1.54, 1.807) is 62.8 Å². The molecule has 2 aromatic carbocycles. The molecule has 138 valence electrons. The van der Waals surface area contributed by atoms with Gasteiger partial charge in [0.1, 0.15) is 11.5 Å². The quantitative estimate of drug-likeness (QED) is 0.667. The summed E-state index contributed by atoms with van der Waals surface area (Å²) >= 11 is 1.35. The standard InChI is InChI=1S/C20H18N2O4S/c1-25-16-10-15(11-17(12-16)26-2)22-19(23)13-5-3-6-14(9-13)21-20(24)18-7-4-8-27-18/h3-12H,1-2H3,(H,21,24)(H,22,23). The number of anilines is 2. The van der Waals surface area contributed by atoms with E-state index in [1.165, 1.54) is 11.3 Å². The van der Waals surface area contributed by atoms with Gasteiger partial charge in [-0.05, 0) is 29.6 Å². The molecule has 0 fully saturated rings. The molecule has 6 nitrogen and oxygen atoms in total. The third-order valence-corrected chi connectivity index (χ3v) is 4.61. The second-order valence-corrected chi connectivity index (χ2v) is 6.52. The zero-order chi connectivity index (χ0) is 19.2. The van der Waals surface area contributed by atoms with Crippen molar-refractivity contribution in [1.82, 2.24) is 0 Å². The first kappa shape index (κ1) is 18.5. The van der Waals surface area contributed by atoms with E-state index in [9.17, 15) is 9.59 Å². The smallest absolute Gasteiger partial charge is 0.265 e. The summed E-state index contributed by atoms with van der Waals surface area (Å²) in [6.07, 6.45) is 0. The lowest BCUT2D eigenvalue weighted by Gasteiger charge is -2.11. The van der Waals surface area contributed by atoms with Crippen molar-refractivity contribution in [3.63, 3.8) is 0 Å². The lowest BCUT2D eigenvalue weighted by atomic mass is 10.1. The zero-order valence-electron chi connectivity index (χ0n) is 14.8. The van der Waals surface area contributed by atoms with Crippen LogP contribution in [0.2, 0.25) is 0 Å². The summed E-state index contributed by atoms with van der Waals surface area (Å²) in [5.74, 6) is 0.626. The van der Waals surface area contributed by atoms with Gasteiger partial charge in [-0.1, -0.05) is 12.1 Å².